The van der Waals surface area contributed by atoms with Gasteiger partial charge in [0.15, 0.2) is 5.82 Å². The molecule has 0 amide bonds. The van der Waals surface area contributed by atoms with E-state index in [1.165, 1.54) is 22.0 Å². The molecule has 29 heavy (non-hydrogen) atoms. The van der Waals surface area contributed by atoms with E-state index in [1.807, 2.05) is 36.4 Å². The summed E-state index contributed by atoms with van der Waals surface area (Å²) in [5.41, 5.74) is 1.27. The van der Waals surface area contributed by atoms with Crippen LogP contribution in [0.2, 0.25) is 0 Å². The Balaban J connectivity index is 1.44. The highest BCUT2D eigenvalue weighted by molar-refractivity contribution is 7.99. The second-order valence-electron chi connectivity index (χ2n) is 6.65. The van der Waals surface area contributed by atoms with Crippen LogP contribution in [0.1, 0.15) is 31.2 Å². The average molecular weight is 415 g/mol. The summed E-state index contributed by atoms with van der Waals surface area (Å²) in [5, 5.41) is 8.87. The van der Waals surface area contributed by atoms with Gasteiger partial charge in [0.2, 0.25) is 5.16 Å². The molecule has 0 saturated heterocycles. The molecule has 154 valence electrons. The predicted molar refractivity (Wildman–Crippen MR) is 114 cm³/mol. The Hall–Kier alpha value is -2.87. The van der Waals surface area contributed by atoms with Crippen molar-refractivity contribution in [3.8, 4) is 17.2 Å². The molecule has 3 rings (SSSR count). The monoisotopic (exact) mass is 414 g/mol. The molecule has 0 saturated carbocycles. The lowest BCUT2D eigenvalue weighted by molar-refractivity contribution is 0.291. The molecular formula is C21H26N4O3S. The first kappa shape index (κ1) is 20.9. The van der Waals surface area contributed by atoms with Crippen LogP contribution < -0.4 is 20.1 Å². The Morgan fingerprint density at radius 2 is 1.55 bits per heavy atom. The number of nitrogens with two attached hydrogens (primary N) is 1. The van der Waals surface area contributed by atoms with Crippen molar-refractivity contribution in [2.75, 3.05) is 25.3 Å². The van der Waals surface area contributed by atoms with Crippen LogP contribution >= 0.6 is 11.8 Å². The first-order chi connectivity index (χ1) is 14.1. The van der Waals surface area contributed by atoms with E-state index < -0.39 is 0 Å². The molecule has 0 aliphatic carbocycles. The van der Waals surface area contributed by atoms with Gasteiger partial charge in [-0.25, -0.2) is 4.68 Å². The first-order valence-electron chi connectivity index (χ1n) is 9.38. The molecule has 0 aliphatic rings. The third-order valence-electron chi connectivity index (χ3n) is 4.29. The molecule has 0 atom stereocenters. The number of rotatable bonds is 10. The lowest BCUT2D eigenvalue weighted by Gasteiger charge is -2.09. The van der Waals surface area contributed by atoms with Gasteiger partial charge in [0.1, 0.15) is 23.9 Å². The Kier molecular flexibility index (Phi) is 7.24. The molecule has 2 aromatic carbocycles. The number of benzene rings is 2. The van der Waals surface area contributed by atoms with E-state index >= 15 is 0 Å². The molecular weight excluding hydrogens is 388 g/mol. The first-order valence-corrected chi connectivity index (χ1v) is 10.4. The molecule has 1 aromatic heterocycles. The minimum absolute atomic E-state index is 0.257. The van der Waals surface area contributed by atoms with Gasteiger partial charge in [-0.2, -0.15) is 0 Å². The number of nitrogen functional groups attached to an aromatic ring is 1. The van der Waals surface area contributed by atoms with Crippen LogP contribution in [0.25, 0.3) is 0 Å². The highest BCUT2D eigenvalue weighted by Crippen LogP contribution is 2.21. The maximum atomic E-state index is 6.09. The lowest BCUT2D eigenvalue weighted by Crippen LogP contribution is -2.16. The summed E-state index contributed by atoms with van der Waals surface area (Å²) in [5.74, 6) is 10.2. The van der Waals surface area contributed by atoms with E-state index in [9.17, 15) is 0 Å². The zero-order valence-electron chi connectivity index (χ0n) is 16.9. The van der Waals surface area contributed by atoms with Gasteiger partial charge < -0.3 is 20.1 Å². The Bertz CT molecular complexity index is 895. The number of thioether (sulfide) groups is 1. The molecule has 0 bridgehead atoms. The summed E-state index contributed by atoms with van der Waals surface area (Å²) >= 11 is 1.48. The fourth-order valence-electron chi connectivity index (χ4n) is 2.57. The number of methoxy groups -OCH3 is 1. The highest BCUT2D eigenvalue weighted by atomic mass is 32.2. The fraction of sp³-hybridized carbons (Fsp3) is 0.333. The largest absolute Gasteiger partial charge is 0.497 e. The summed E-state index contributed by atoms with van der Waals surface area (Å²) in [6, 6.07) is 15.5. The molecule has 0 radical (unpaired) electrons. The molecule has 8 heteroatoms. The zero-order valence-corrected chi connectivity index (χ0v) is 17.7. The van der Waals surface area contributed by atoms with Crippen LogP contribution in [0.3, 0.4) is 0 Å². The second kappa shape index (κ2) is 10.1. The van der Waals surface area contributed by atoms with Gasteiger partial charge in [-0.15, -0.1) is 10.2 Å². The van der Waals surface area contributed by atoms with Crippen LogP contribution in [0.5, 0.6) is 17.2 Å². The molecule has 0 spiro atoms. The van der Waals surface area contributed by atoms with E-state index in [0.29, 0.717) is 29.3 Å². The maximum Gasteiger partial charge on any atom is 0.210 e. The van der Waals surface area contributed by atoms with Crippen molar-refractivity contribution >= 4 is 11.8 Å². The Labute approximate surface area is 175 Å². The normalized spacial score (nSPS) is 10.9. The molecule has 0 aliphatic heterocycles. The summed E-state index contributed by atoms with van der Waals surface area (Å²) in [4.78, 5) is 0. The molecule has 0 unspecified atom stereocenters. The smallest absolute Gasteiger partial charge is 0.210 e. The van der Waals surface area contributed by atoms with Gasteiger partial charge in [0.25, 0.3) is 0 Å². The second-order valence-corrected chi connectivity index (χ2v) is 7.72. The number of hydrogen-bond donors (Lipinski definition) is 1. The zero-order chi connectivity index (χ0) is 20.6. The van der Waals surface area contributed by atoms with Crippen molar-refractivity contribution in [2.45, 2.75) is 31.5 Å². The van der Waals surface area contributed by atoms with E-state index in [4.69, 9.17) is 20.1 Å². The van der Waals surface area contributed by atoms with Gasteiger partial charge in [-0.3, -0.25) is 0 Å². The van der Waals surface area contributed by atoms with E-state index in [-0.39, 0.29) is 6.61 Å². The molecule has 7 nitrogen and oxygen atoms in total. The van der Waals surface area contributed by atoms with Crippen LogP contribution in [-0.4, -0.2) is 34.3 Å². The molecule has 2 N–H and O–H groups in total. The highest BCUT2D eigenvalue weighted by Gasteiger charge is 2.11. The third kappa shape index (κ3) is 5.80. The summed E-state index contributed by atoms with van der Waals surface area (Å²) in [7, 11) is 1.64. The minimum atomic E-state index is 0.257. The number of aromatic nitrogens is 3. The van der Waals surface area contributed by atoms with E-state index in [0.717, 1.165) is 17.2 Å². The molecule has 1 heterocycles. The topological polar surface area (TPSA) is 84.4 Å². The number of hydrogen-bond acceptors (Lipinski definition) is 7. The van der Waals surface area contributed by atoms with Crippen LogP contribution in [0, 0.1) is 0 Å². The van der Waals surface area contributed by atoms with Crippen molar-refractivity contribution in [2.24, 2.45) is 0 Å². The average Bonchev–Trinajstić information content (AvgIpc) is 3.10. The summed E-state index contributed by atoms with van der Waals surface area (Å²) < 4.78 is 18.1. The molecule has 3 aromatic rings. The van der Waals surface area contributed by atoms with Crippen molar-refractivity contribution in [1.82, 2.24) is 14.9 Å². The minimum Gasteiger partial charge on any atom is -0.497 e. The van der Waals surface area contributed by atoms with Crippen molar-refractivity contribution in [3.05, 3.63) is 59.9 Å². The fourth-order valence-corrected chi connectivity index (χ4v) is 3.26. The van der Waals surface area contributed by atoms with Crippen molar-refractivity contribution in [1.29, 1.82) is 0 Å². The van der Waals surface area contributed by atoms with Gasteiger partial charge in [0, 0.05) is 5.75 Å². The Morgan fingerprint density at radius 1 is 0.931 bits per heavy atom. The third-order valence-corrected chi connectivity index (χ3v) is 5.20. The lowest BCUT2D eigenvalue weighted by atomic mass is 10.0. The van der Waals surface area contributed by atoms with Gasteiger partial charge in [0.05, 0.1) is 13.7 Å². The predicted octanol–water partition coefficient (Wildman–Crippen LogP) is 3.87. The van der Waals surface area contributed by atoms with Gasteiger partial charge in [-0.1, -0.05) is 37.7 Å². The Morgan fingerprint density at radius 3 is 2.21 bits per heavy atom. The van der Waals surface area contributed by atoms with E-state index in [2.05, 4.69) is 36.2 Å². The summed E-state index contributed by atoms with van der Waals surface area (Å²) in [6.45, 7) is 5.10. The quantitative estimate of drug-likeness (QED) is 0.306. The van der Waals surface area contributed by atoms with Crippen LogP contribution in [0.4, 0.5) is 0 Å². The summed E-state index contributed by atoms with van der Waals surface area (Å²) in [6.07, 6.45) is 0. The standard InChI is InChI=1S/C21H26N4O3S/c1-15(2)16-4-6-19(7-5-16)28-14-20-23-24-21(25(20)22)29-13-12-27-18-10-8-17(26-3)9-11-18/h4-11,15H,12-14,22H2,1-3H3. The maximum absolute atomic E-state index is 6.09. The van der Waals surface area contributed by atoms with Gasteiger partial charge in [-0.05, 0) is 47.9 Å². The van der Waals surface area contributed by atoms with Crippen molar-refractivity contribution in [3.63, 3.8) is 0 Å². The van der Waals surface area contributed by atoms with Gasteiger partial charge >= 0.3 is 0 Å². The van der Waals surface area contributed by atoms with Crippen molar-refractivity contribution < 1.29 is 14.2 Å². The van der Waals surface area contributed by atoms with Crippen LogP contribution in [0.15, 0.2) is 53.7 Å². The number of ether oxygens (including phenoxy) is 3. The molecule has 0 fully saturated rings. The number of nitrogens with zero attached hydrogens (tertiary/aromatic N) is 3. The van der Waals surface area contributed by atoms with Crippen LogP contribution in [-0.2, 0) is 6.61 Å². The van der Waals surface area contributed by atoms with E-state index in [1.54, 1.807) is 7.11 Å². The SMILES string of the molecule is COc1ccc(OCCSc2nnc(COc3ccc(C(C)C)cc3)n2N)cc1.